The van der Waals surface area contributed by atoms with Gasteiger partial charge in [-0.05, 0) is 91.5 Å². The summed E-state index contributed by atoms with van der Waals surface area (Å²) in [5.41, 5.74) is 6.84. The molecule has 1 aliphatic heterocycles. The van der Waals surface area contributed by atoms with E-state index < -0.39 is 5.97 Å². The summed E-state index contributed by atoms with van der Waals surface area (Å²) >= 11 is 0. The van der Waals surface area contributed by atoms with Crippen molar-refractivity contribution in [1.29, 1.82) is 0 Å². The summed E-state index contributed by atoms with van der Waals surface area (Å²) < 4.78 is 5.75. The van der Waals surface area contributed by atoms with Crippen molar-refractivity contribution in [1.82, 2.24) is 4.90 Å². The number of hydrogen-bond donors (Lipinski definition) is 3. The fraction of sp³-hybridized carbons (Fsp3) is 0.344. The van der Waals surface area contributed by atoms with Crippen LogP contribution in [0, 0.1) is 12.8 Å². The predicted molar refractivity (Wildman–Crippen MR) is 154 cm³/mol. The summed E-state index contributed by atoms with van der Waals surface area (Å²) in [6, 6.07) is 21.5. The molecule has 0 unspecified atom stereocenters. The molecule has 0 bridgehead atoms. The Morgan fingerprint density at radius 3 is 2.33 bits per heavy atom. The third kappa shape index (κ3) is 7.00. The highest BCUT2D eigenvalue weighted by molar-refractivity contribution is 6.00. The molecule has 1 saturated carbocycles. The van der Waals surface area contributed by atoms with Crippen LogP contribution in [0.4, 0.5) is 21.0 Å². The number of fused-ring (bicyclic) bond motifs is 1. The van der Waals surface area contributed by atoms with Gasteiger partial charge in [0.15, 0.2) is 0 Å². The normalized spacial score (nSPS) is 18.4. The second-order valence-electron chi connectivity index (χ2n) is 10.8. The summed E-state index contributed by atoms with van der Waals surface area (Å²) in [6.45, 7) is 3.06. The van der Waals surface area contributed by atoms with Gasteiger partial charge in [0.1, 0.15) is 6.10 Å². The first-order chi connectivity index (χ1) is 19.3. The highest BCUT2D eigenvalue weighted by atomic mass is 16.6. The summed E-state index contributed by atoms with van der Waals surface area (Å²) in [5.74, 6) is -0.599. The SMILES string of the molecule is Cc1ccc(-c2cccc(NC(=O)Nc3ccc4c(c3)CCN(C(=O)OC3CCC(CC(=O)O)CC3)C4)c2)cc1. The van der Waals surface area contributed by atoms with Crippen LogP contribution in [0.2, 0.25) is 0 Å². The van der Waals surface area contributed by atoms with Gasteiger partial charge in [-0.1, -0.05) is 48.0 Å². The maximum absolute atomic E-state index is 12.8. The number of carbonyl (C=O) groups excluding carboxylic acids is 2. The van der Waals surface area contributed by atoms with Gasteiger partial charge < -0.3 is 25.4 Å². The topological polar surface area (TPSA) is 108 Å². The molecule has 5 rings (SSSR count). The molecule has 0 radical (unpaired) electrons. The number of aryl methyl sites for hydroxylation is 1. The number of amides is 3. The van der Waals surface area contributed by atoms with Crippen LogP contribution in [-0.4, -0.2) is 40.7 Å². The van der Waals surface area contributed by atoms with Crippen molar-refractivity contribution < 1.29 is 24.2 Å². The molecule has 8 heteroatoms. The van der Waals surface area contributed by atoms with Crippen LogP contribution in [0.5, 0.6) is 0 Å². The molecule has 1 fully saturated rings. The van der Waals surface area contributed by atoms with E-state index >= 15 is 0 Å². The Bertz CT molecular complexity index is 1380. The second kappa shape index (κ2) is 12.2. The standard InChI is InChI=1S/C32H35N3O5/c1-21-5-9-23(10-6-21)24-3-2-4-27(18-24)33-31(38)34-28-12-11-26-20-35(16-15-25(26)19-28)32(39)40-29-13-7-22(8-14-29)17-30(36)37/h2-6,9-12,18-19,22,29H,7-8,13-17,20H2,1H3,(H,36,37)(H2,33,34,38). The maximum atomic E-state index is 12.8. The van der Waals surface area contributed by atoms with E-state index in [-0.39, 0.29) is 30.6 Å². The Kier molecular flexibility index (Phi) is 8.34. The number of ether oxygens (including phenoxy) is 1. The molecular weight excluding hydrogens is 506 g/mol. The third-order valence-electron chi connectivity index (χ3n) is 7.76. The quantitative estimate of drug-likeness (QED) is 0.317. The van der Waals surface area contributed by atoms with Crippen LogP contribution >= 0.6 is 0 Å². The minimum absolute atomic E-state index is 0.151. The summed E-state index contributed by atoms with van der Waals surface area (Å²) in [6.07, 6.45) is 3.35. The van der Waals surface area contributed by atoms with Crippen LogP contribution < -0.4 is 10.6 Å². The number of carboxylic acid groups (broad SMARTS) is 1. The lowest BCUT2D eigenvalue weighted by Gasteiger charge is -2.32. The molecule has 3 N–H and O–H groups in total. The summed E-state index contributed by atoms with van der Waals surface area (Å²) in [5, 5.41) is 14.8. The van der Waals surface area contributed by atoms with Gasteiger partial charge in [0.25, 0.3) is 0 Å². The molecule has 0 aromatic heterocycles. The molecule has 3 aromatic carbocycles. The number of rotatable bonds is 6. The Morgan fingerprint density at radius 1 is 0.875 bits per heavy atom. The van der Waals surface area contributed by atoms with Gasteiger partial charge in [-0.2, -0.15) is 0 Å². The van der Waals surface area contributed by atoms with Crippen LogP contribution in [-0.2, 0) is 22.5 Å². The number of nitrogens with one attached hydrogen (secondary N) is 2. The fourth-order valence-electron chi connectivity index (χ4n) is 5.52. The van der Waals surface area contributed by atoms with Crippen molar-refractivity contribution >= 4 is 29.5 Å². The van der Waals surface area contributed by atoms with E-state index in [1.807, 2.05) is 42.5 Å². The van der Waals surface area contributed by atoms with E-state index in [9.17, 15) is 14.4 Å². The Morgan fingerprint density at radius 2 is 1.60 bits per heavy atom. The lowest BCUT2D eigenvalue weighted by molar-refractivity contribution is -0.138. The van der Waals surface area contributed by atoms with Crippen molar-refractivity contribution in [2.45, 2.75) is 58.1 Å². The number of urea groups is 1. The average Bonchev–Trinajstić information content (AvgIpc) is 2.94. The fourth-order valence-corrected chi connectivity index (χ4v) is 5.52. The van der Waals surface area contributed by atoms with Gasteiger partial charge >= 0.3 is 18.1 Å². The minimum Gasteiger partial charge on any atom is -0.481 e. The van der Waals surface area contributed by atoms with Crippen molar-refractivity contribution in [3.05, 3.63) is 83.4 Å². The number of carboxylic acids is 1. The van der Waals surface area contributed by atoms with Crippen molar-refractivity contribution in [2.75, 3.05) is 17.2 Å². The van der Waals surface area contributed by atoms with Gasteiger partial charge in [0.2, 0.25) is 0 Å². The van der Waals surface area contributed by atoms with Gasteiger partial charge in [0.05, 0.1) is 0 Å². The number of nitrogens with zero attached hydrogens (tertiary/aromatic N) is 1. The zero-order valence-electron chi connectivity index (χ0n) is 22.7. The molecule has 8 nitrogen and oxygen atoms in total. The average molecular weight is 542 g/mol. The molecular formula is C32H35N3O5. The Labute approximate surface area is 234 Å². The Hall–Kier alpha value is -4.33. The molecule has 0 spiro atoms. The number of anilines is 2. The van der Waals surface area contributed by atoms with E-state index in [1.165, 1.54) is 5.56 Å². The second-order valence-corrected chi connectivity index (χ2v) is 10.8. The summed E-state index contributed by atoms with van der Waals surface area (Å²) in [7, 11) is 0. The van der Waals surface area contributed by atoms with Crippen molar-refractivity contribution in [3.8, 4) is 11.1 Å². The van der Waals surface area contributed by atoms with E-state index in [0.29, 0.717) is 43.7 Å². The molecule has 1 heterocycles. The minimum atomic E-state index is -0.768. The molecule has 3 aromatic rings. The highest BCUT2D eigenvalue weighted by Gasteiger charge is 2.28. The van der Waals surface area contributed by atoms with Gasteiger partial charge in [-0.3, -0.25) is 4.79 Å². The number of aliphatic carboxylic acids is 1. The first-order valence-corrected chi connectivity index (χ1v) is 13.9. The van der Waals surface area contributed by atoms with Gasteiger partial charge in [-0.25, -0.2) is 9.59 Å². The maximum Gasteiger partial charge on any atom is 0.410 e. The molecule has 2 aliphatic rings. The van der Waals surface area contributed by atoms with Crippen molar-refractivity contribution in [3.63, 3.8) is 0 Å². The van der Waals surface area contributed by atoms with Crippen LogP contribution in [0.3, 0.4) is 0 Å². The number of carbonyl (C=O) groups is 3. The van der Waals surface area contributed by atoms with E-state index in [2.05, 4.69) is 41.8 Å². The predicted octanol–water partition coefficient (Wildman–Crippen LogP) is 6.83. The Balaban J connectivity index is 1.12. The van der Waals surface area contributed by atoms with Crippen molar-refractivity contribution in [2.24, 2.45) is 5.92 Å². The third-order valence-corrected chi connectivity index (χ3v) is 7.76. The monoisotopic (exact) mass is 541 g/mol. The smallest absolute Gasteiger partial charge is 0.410 e. The van der Waals surface area contributed by atoms with E-state index in [0.717, 1.165) is 35.1 Å². The first-order valence-electron chi connectivity index (χ1n) is 13.9. The molecule has 0 atom stereocenters. The zero-order chi connectivity index (χ0) is 28.1. The largest absolute Gasteiger partial charge is 0.481 e. The summed E-state index contributed by atoms with van der Waals surface area (Å²) in [4.78, 5) is 38.2. The molecule has 40 heavy (non-hydrogen) atoms. The molecule has 208 valence electrons. The molecule has 0 saturated heterocycles. The van der Waals surface area contributed by atoms with Gasteiger partial charge in [0, 0.05) is 30.9 Å². The first kappa shape index (κ1) is 27.2. The lowest BCUT2D eigenvalue weighted by atomic mass is 9.85. The number of benzene rings is 3. The molecule has 1 aliphatic carbocycles. The van der Waals surface area contributed by atoms with E-state index in [1.54, 1.807) is 4.90 Å². The van der Waals surface area contributed by atoms with E-state index in [4.69, 9.17) is 9.84 Å². The van der Waals surface area contributed by atoms with Crippen LogP contribution in [0.15, 0.2) is 66.7 Å². The number of hydrogen-bond acceptors (Lipinski definition) is 4. The van der Waals surface area contributed by atoms with Crippen LogP contribution in [0.1, 0.15) is 48.8 Å². The van der Waals surface area contributed by atoms with Crippen LogP contribution in [0.25, 0.3) is 11.1 Å². The lowest BCUT2D eigenvalue weighted by Crippen LogP contribution is -2.39. The van der Waals surface area contributed by atoms with Gasteiger partial charge in [-0.15, -0.1) is 0 Å². The zero-order valence-corrected chi connectivity index (χ0v) is 22.7. The molecule has 3 amide bonds. The highest BCUT2D eigenvalue weighted by Crippen LogP contribution is 2.30.